The minimum Gasteiger partial charge on any atom is -0.353 e. The van der Waals surface area contributed by atoms with Gasteiger partial charge in [0, 0.05) is 20.2 Å². The van der Waals surface area contributed by atoms with Gasteiger partial charge in [-0.25, -0.2) is 15.8 Å². The van der Waals surface area contributed by atoms with Gasteiger partial charge in [0.15, 0.2) is 4.34 Å². The normalized spacial score (nSPS) is 10.3. The fourth-order valence-electron chi connectivity index (χ4n) is 0.988. The van der Waals surface area contributed by atoms with Gasteiger partial charge in [-0.05, 0) is 11.8 Å². The molecule has 0 spiro atoms. The zero-order valence-electron chi connectivity index (χ0n) is 9.28. The molecule has 0 aliphatic carbocycles. The van der Waals surface area contributed by atoms with E-state index < -0.39 is 0 Å². The quantitative estimate of drug-likeness (QED) is 0.479. The molecule has 2 aromatic heterocycles. The lowest BCUT2D eigenvalue weighted by Crippen LogP contribution is -2.08. The van der Waals surface area contributed by atoms with E-state index in [1.807, 2.05) is 19.0 Å². The molecule has 90 valence electrons. The van der Waals surface area contributed by atoms with Gasteiger partial charge in [-0.2, -0.15) is 0 Å². The average molecular weight is 269 g/mol. The summed E-state index contributed by atoms with van der Waals surface area (Å²) in [5.74, 6) is 5.84. The van der Waals surface area contributed by atoms with Crippen molar-refractivity contribution in [3.8, 4) is 0 Å². The number of hydrazine groups is 1. The van der Waals surface area contributed by atoms with Gasteiger partial charge in [-0.3, -0.25) is 0 Å². The van der Waals surface area contributed by atoms with Crippen LogP contribution in [0.15, 0.2) is 21.8 Å². The number of nitrogen functional groups attached to an aromatic ring is 1. The summed E-state index contributed by atoms with van der Waals surface area (Å²) in [6.45, 7) is 0. The maximum Gasteiger partial charge on any atom is 0.208 e. The Kier molecular flexibility index (Phi) is 3.71. The van der Waals surface area contributed by atoms with Gasteiger partial charge in [-0.1, -0.05) is 11.3 Å². The molecule has 17 heavy (non-hydrogen) atoms. The largest absolute Gasteiger partial charge is 0.353 e. The van der Waals surface area contributed by atoms with Gasteiger partial charge in [0.05, 0.1) is 0 Å². The molecule has 9 heteroatoms. The van der Waals surface area contributed by atoms with Gasteiger partial charge < -0.3 is 10.3 Å². The first-order valence-corrected chi connectivity index (χ1v) is 6.29. The first-order chi connectivity index (χ1) is 8.19. The van der Waals surface area contributed by atoms with Crippen LogP contribution in [0.1, 0.15) is 0 Å². The second kappa shape index (κ2) is 5.25. The highest BCUT2D eigenvalue weighted by Gasteiger charge is 2.08. The predicted octanol–water partition coefficient (Wildman–Crippen LogP) is 0.831. The molecule has 0 aliphatic rings. The Balaban J connectivity index is 2.13. The number of nitrogens with two attached hydrogens (primary N) is 1. The minimum absolute atomic E-state index is 0.569. The molecule has 0 atom stereocenters. The Labute approximate surface area is 106 Å². The molecule has 0 bridgehead atoms. The number of nitrogens with one attached hydrogen (secondary N) is 1. The summed E-state index contributed by atoms with van der Waals surface area (Å²) in [4.78, 5) is 9.96. The topological polar surface area (TPSA) is 92.9 Å². The van der Waals surface area contributed by atoms with Crippen molar-refractivity contribution in [3.05, 3.63) is 12.4 Å². The van der Waals surface area contributed by atoms with Gasteiger partial charge in [0.2, 0.25) is 5.13 Å². The van der Waals surface area contributed by atoms with E-state index in [1.54, 1.807) is 6.07 Å². The molecule has 0 amide bonds. The van der Waals surface area contributed by atoms with Crippen molar-refractivity contribution in [3.63, 3.8) is 0 Å². The van der Waals surface area contributed by atoms with Crippen LogP contribution in [0.25, 0.3) is 0 Å². The van der Waals surface area contributed by atoms with Crippen LogP contribution in [0.4, 0.5) is 10.9 Å². The van der Waals surface area contributed by atoms with E-state index in [1.165, 1.54) is 29.4 Å². The predicted molar refractivity (Wildman–Crippen MR) is 68.2 cm³/mol. The molecule has 2 aromatic rings. The molecule has 3 N–H and O–H groups in total. The summed E-state index contributed by atoms with van der Waals surface area (Å²) in [6.07, 6.45) is 1.45. The monoisotopic (exact) mass is 269 g/mol. The SMILES string of the molecule is CN(C)c1nnc(Sc2cc(NN)ncn2)s1. The number of rotatable bonds is 4. The number of nitrogens with zero attached hydrogens (tertiary/aromatic N) is 5. The van der Waals surface area contributed by atoms with Crippen LogP contribution in [0.2, 0.25) is 0 Å². The molecule has 2 rings (SSSR count). The lowest BCUT2D eigenvalue weighted by Gasteiger charge is -2.03. The van der Waals surface area contributed by atoms with Crippen LogP contribution in [0, 0.1) is 0 Å². The number of anilines is 2. The lowest BCUT2D eigenvalue weighted by atomic mass is 10.6. The molecule has 0 unspecified atom stereocenters. The molecule has 0 radical (unpaired) electrons. The second-order valence-electron chi connectivity index (χ2n) is 3.23. The highest BCUT2D eigenvalue weighted by molar-refractivity contribution is 8.01. The average Bonchev–Trinajstić information content (AvgIpc) is 2.78. The molecular formula is C8H11N7S2. The number of aromatic nitrogens is 4. The maximum absolute atomic E-state index is 5.27. The van der Waals surface area contributed by atoms with Crippen LogP contribution in [0.3, 0.4) is 0 Å². The Hall–Kier alpha value is -1.45. The maximum atomic E-state index is 5.27. The molecule has 7 nitrogen and oxygen atoms in total. The van der Waals surface area contributed by atoms with E-state index in [-0.39, 0.29) is 0 Å². The second-order valence-corrected chi connectivity index (χ2v) is 5.46. The van der Waals surface area contributed by atoms with Crippen molar-refractivity contribution >= 4 is 34.0 Å². The fraction of sp³-hybridized carbons (Fsp3) is 0.250. The zero-order chi connectivity index (χ0) is 12.3. The molecule has 0 aromatic carbocycles. The van der Waals surface area contributed by atoms with Crippen molar-refractivity contribution in [2.24, 2.45) is 5.84 Å². The summed E-state index contributed by atoms with van der Waals surface area (Å²) in [5, 5.41) is 9.74. The van der Waals surface area contributed by atoms with Crippen LogP contribution in [-0.4, -0.2) is 34.3 Å². The third-order valence-corrected chi connectivity index (χ3v) is 3.83. The zero-order valence-corrected chi connectivity index (χ0v) is 10.9. The summed E-state index contributed by atoms with van der Waals surface area (Å²) in [7, 11) is 3.85. The Morgan fingerprint density at radius 3 is 2.82 bits per heavy atom. The first kappa shape index (κ1) is 12.0. The van der Waals surface area contributed by atoms with Gasteiger partial charge in [0.25, 0.3) is 0 Å². The molecule has 0 aliphatic heterocycles. The van der Waals surface area contributed by atoms with Gasteiger partial charge in [0.1, 0.15) is 17.2 Å². The summed E-state index contributed by atoms with van der Waals surface area (Å²) in [6, 6.07) is 1.75. The minimum atomic E-state index is 0.569. The standard InChI is InChI=1S/C8H11N7S2/c1-15(2)7-13-14-8(17-7)16-6-3-5(12-9)10-4-11-6/h3-4H,9H2,1-2H3,(H,10,11,12). The van der Waals surface area contributed by atoms with Crippen LogP contribution >= 0.6 is 23.1 Å². The van der Waals surface area contributed by atoms with E-state index in [9.17, 15) is 0 Å². The highest BCUT2D eigenvalue weighted by atomic mass is 32.2. The summed E-state index contributed by atoms with van der Waals surface area (Å²) >= 11 is 2.93. The Morgan fingerprint density at radius 2 is 2.18 bits per heavy atom. The number of hydrogen-bond donors (Lipinski definition) is 2. The molecular weight excluding hydrogens is 258 g/mol. The highest BCUT2D eigenvalue weighted by Crippen LogP contribution is 2.31. The van der Waals surface area contributed by atoms with Crippen LogP contribution in [0.5, 0.6) is 0 Å². The molecule has 2 heterocycles. The van der Waals surface area contributed by atoms with Crippen molar-refractivity contribution < 1.29 is 0 Å². The van der Waals surface area contributed by atoms with Crippen molar-refractivity contribution in [2.75, 3.05) is 24.4 Å². The van der Waals surface area contributed by atoms with Crippen molar-refractivity contribution in [2.45, 2.75) is 9.37 Å². The van der Waals surface area contributed by atoms with Crippen LogP contribution < -0.4 is 16.2 Å². The van der Waals surface area contributed by atoms with Crippen molar-refractivity contribution in [1.82, 2.24) is 20.2 Å². The Bertz CT molecular complexity index is 498. The summed E-state index contributed by atoms with van der Waals surface area (Å²) < 4.78 is 0.829. The van der Waals surface area contributed by atoms with E-state index >= 15 is 0 Å². The smallest absolute Gasteiger partial charge is 0.208 e. The lowest BCUT2D eigenvalue weighted by molar-refractivity contribution is 0.968. The first-order valence-electron chi connectivity index (χ1n) is 4.66. The van der Waals surface area contributed by atoms with Gasteiger partial charge >= 0.3 is 0 Å². The molecule has 0 saturated heterocycles. The van der Waals surface area contributed by atoms with E-state index in [2.05, 4.69) is 25.6 Å². The van der Waals surface area contributed by atoms with E-state index in [4.69, 9.17) is 5.84 Å². The third-order valence-electron chi connectivity index (χ3n) is 1.76. The summed E-state index contributed by atoms with van der Waals surface area (Å²) in [5.41, 5.74) is 2.47. The van der Waals surface area contributed by atoms with E-state index in [0.29, 0.717) is 5.82 Å². The van der Waals surface area contributed by atoms with E-state index in [0.717, 1.165) is 14.5 Å². The Morgan fingerprint density at radius 1 is 1.35 bits per heavy atom. The van der Waals surface area contributed by atoms with Gasteiger partial charge in [-0.15, -0.1) is 10.2 Å². The fourth-order valence-corrected chi connectivity index (χ4v) is 2.67. The molecule has 0 fully saturated rings. The van der Waals surface area contributed by atoms with Crippen molar-refractivity contribution in [1.29, 1.82) is 0 Å². The molecule has 0 saturated carbocycles. The third kappa shape index (κ3) is 3.02. The number of hydrogen-bond acceptors (Lipinski definition) is 9. The van der Waals surface area contributed by atoms with Crippen LogP contribution in [-0.2, 0) is 0 Å².